The quantitative estimate of drug-likeness (QED) is 0.431. The van der Waals surface area contributed by atoms with Crippen LogP contribution in [0.2, 0.25) is 0 Å². The number of benzene rings is 1. The highest BCUT2D eigenvalue weighted by Crippen LogP contribution is 2.38. The van der Waals surface area contributed by atoms with Gasteiger partial charge in [0.05, 0.1) is 16.1 Å². The van der Waals surface area contributed by atoms with Crippen molar-refractivity contribution in [2.75, 3.05) is 11.9 Å². The second kappa shape index (κ2) is 7.77. The highest BCUT2D eigenvalue weighted by Gasteiger charge is 2.26. The Bertz CT molecular complexity index is 997. The van der Waals surface area contributed by atoms with Crippen LogP contribution in [0.15, 0.2) is 18.2 Å². The van der Waals surface area contributed by atoms with Crippen molar-refractivity contribution in [1.82, 2.24) is 0 Å². The number of hydrogen-bond donors (Lipinski definition) is 2. The van der Waals surface area contributed by atoms with E-state index in [0.29, 0.717) is 16.1 Å². The molecule has 28 heavy (non-hydrogen) atoms. The highest BCUT2D eigenvalue weighted by molar-refractivity contribution is 7.17. The molecule has 1 aliphatic rings. The molecule has 0 atom stereocenters. The Kier molecular flexibility index (Phi) is 5.41. The molecule has 2 aromatic rings. The molecule has 0 saturated carbocycles. The number of amides is 2. The smallest absolute Gasteiger partial charge is 0.338 e. The Morgan fingerprint density at radius 3 is 2.71 bits per heavy atom. The van der Waals surface area contributed by atoms with Crippen molar-refractivity contribution >= 4 is 39.8 Å². The Morgan fingerprint density at radius 2 is 2.07 bits per heavy atom. The highest BCUT2D eigenvalue weighted by atomic mass is 32.1. The van der Waals surface area contributed by atoms with Crippen molar-refractivity contribution < 1.29 is 24.0 Å². The molecule has 146 valence electrons. The van der Waals surface area contributed by atoms with Crippen molar-refractivity contribution in [2.45, 2.75) is 26.2 Å². The van der Waals surface area contributed by atoms with Crippen LogP contribution in [-0.4, -0.2) is 29.3 Å². The summed E-state index contributed by atoms with van der Waals surface area (Å²) in [5.74, 6) is -1.99. The summed E-state index contributed by atoms with van der Waals surface area (Å²) in [7, 11) is 0. The number of esters is 1. The van der Waals surface area contributed by atoms with Crippen LogP contribution in [0, 0.1) is 17.0 Å². The minimum atomic E-state index is -0.781. The molecular weight excluding hydrogens is 386 g/mol. The lowest BCUT2D eigenvalue weighted by atomic mass is 10.1. The fourth-order valence-electron chi connectivity index (χ4n) is 3.12. The van der Waals surface area contributed by atoms with Crippen LogP contribution in [-0.2, 0) is 22.4 Å². The predicted octanol–water partition coefficient (Wildman–Crippen LogP) is 2.35. The van der Waals surface area contributed by atoms with Gasteiger partial charge in [-0.05, 0) is 43.9 Å². The first kappa shape index (κ1) is 19.5. The number of nitrogens with zero attached hydrogens (tertiary/aromatic N) is 1. The number of rotatable bonds is 6. The summed E-state index contributed by atoms with van der Waals surface area (Å²) in [6, 6.07) is 3.80. The number of carbonyl (C=O) groups is 3. The van der Waals surface area contributed by atoms with E-state index in [9.17, 15) is 24.5 Å². The molecule has 1 aromatic carbocycles. The number of thiophene rings is 1. The summed E-state index contributed by atoms with van der Waals surface area (Å²) < 4.78 is 4.96. The van der Waals surface area contributed by atoms with Crippen LogP contribution >= 0.6 is 11.3 Å². The lowest BCUT2D eigenvalue weighted by molar-refractivity contribution is -0.385. The van der Waals surface area contributed by atoms with E-state index in [0.717, 1.165) is 29.7 Å². The van der Waals surface area contributed by atoms with Gasteiger partial charge in [0.2, 0.25) is 0 Å². The van der Waals surface area contributed by atoms with Gasteiger partial charge in [0.25, 0.3) is 17.5 Å². The Labute approximate surface area is 163 Å². The maximum atomic E-state index is 12.1. The van der Waals surface area contributed by atoms with Crippen LogP contribution in [0.3, 0.4) is 0 Å². The molecule has 0 aliphatic heterocycles. The lowest BCUT2D eigenvalue weighted by Gasteiger charge is -2.07. The standard InChI is InChI=1S/C18H17N3O6S/c1-9-7-10(5-6-12(9)21(25)26)18(24)27-8-14(22)20-17-15(16(19)23)11-3-2-4-13(11)28-17/h5-7H,2-4,8H2,1H3,(H2,19,23)(H,20,22). The zero-order chi connectivity index (χ0) is 20.4. The number of nitro groups is 1. The third-order valence-electron chi connectivity index (χ3n) is 4.38. The first-order chi connectivity index (χ1) is 13.3. The largest absolute Gasteiger partial charge is 0.452 e. The fraction of sp³-hybridized carbons (Fsp3) is 0.278. The number of aryl methyl sites for hydroxylation is 2. The summed E-state index contributed by atoms with van der Waals surface area (Å²) >= 11 is 1.31. The molecule has 0 radical (unpaired) electrons. The number of nitrogens with two attached hydrogens (primary N) is 1. The zero-order valence-corrected chi connectivity index (χ0v) is 15.8. The molecule has 3 N–H and O–H groups in total. The predicted molar refractivity (Wildman–Crippen MR) is 102 cm³/mol. The van der Waals surface area contributed by atoms with Gasteiger partial charge in [0.1, 0.15) is 5.00 Å². The second-order valence-corrected chi connectivity index (χ2v) is 7.41. The maximum absolute atomic E-state index is 12.1. The average molecular weight is 403 g/mol. The van der Waals surface area contributed by atoms with Gasteiger partial charge < -0.3 is 15.8 Å². The first-order valence-corrected chi connectivity index (χ1v) is 9.26. The topological polar surface area (TPSA) is 142 Å². The lowest BCUT2D eigenvalue weighted by Crippen LogP contribution is -2.22. The summed E-state index contributed by atoms with van der Waals surface area (Å²) in [5, 5.41) is 13.8. The molecular formula is C18H17N3O6S. The van der Waals surface area contributed by atoms with Crippen molar-refractivity contribution in [3.63, 3.8) is 0 Å². The van der Waals surface area contributed by atoms with Crippen LogP contribution in [0.1, 0.15) is 43.1 Å². The summed E-state index contributed by atoms with van der Waals surface area (Å²) in [6.07, 6.45) is 2.53. The molecule has 0 unspecified atom stereocenters. The molecule has 2 amide bonds. The maximum Gasteiger partial charge on any atom is 0.338 e. The Balaban J connectivity index is 1.64. The van der Waals surface area contributed by atoms with Gasteiger partial charge in [0.15, 0.2) is 6.61 Å². The van der Waals surface area contributed by atoms with E-state index in [4.69, 9.17) is 10.5 Å². The Morgan fingerprint density at radius 1 is 1.32 bits per heavy atom. The van der Waals surface area contributed by atoms with E-state index in [1.165, 1.54) is 36.5 Å². The number of hydrogen-bond acceptors (Lipinski definition) is 7. The van der Waals surface area contributed by atoms with Crippen LogP contribution in [0.4, 0.5) is 10.7 Å². The molecule has 0 fully saturated rings. The number of nitrogens with one attached hydrogen (secondary N) is 1. The summed E-state index contributed by atoms with van der Waals surface area (Å²) in [4.78, 5) is 47.2. The molecule has 0 saturated heterocycles. The number of carbonyl (C=O) groups excluding carboxylic acids is 3. The van der Waals surface area contributed by atoms with Crippen molar-refractivity contribution in [1.29, 1.82) is 0 Å². The third kappa shape index (κ3) is 3.86. The fourth-order valence-corrected chi connectivity index (χ4v) is 4.43. The SMILES string of the molecule is Cc1cc(C(=O)OCC(=O)Nc2sc3c(c2C(N)=O)CCC3)ccc1[N+](=O)[O-]. The number of nitro benzene ring substituents is 1. The molecule has 1 heterocycles. The zero-order valence-electron chi connectivity index (χ0n) is 14.9. The second-order valence-electron chi connectivity index (χ2n) is 6.31. The van der Waals surface area contributed by atoms with Crippen LogP contribution < -0.4 is 11.1 Å². The normalized spacial score (nSPS) is 12.3. The molecule has 0 spiro atoms. The first-order valence-electron chi connectivity index (χ1n) is 8.44. The molecule has 1 aliphatic carbocycles. The van der Waals surface area contributed by atoms with Gasteiger partial charge in [-0.2, -0.15) is 0 Å². The monoisotopic (exact) mass is 403 g/mol. The van der Waals surface area contributed by atoms with Gasteiger partial charge in [-0.15, -0.1) is 11.3 Å². The van der Waals surface area contributed by atoms with E-state index in [1.54, 1.807) is 0 Å². The minimum absolute atomic E-state index is 0.101. The van der Waals surface area contributed by atoms with E-state index < -0.39 is 29.3 Å². The van der Waals surface area contributed by atoms with Gasteiger partial charge in [-0.25, -0.2) is 4.79 Å². The van der Waals surface area contributed by atoms with Crippen molar-refractivity contribution in [2.24, 2.45) is 5.73 Å². The molecule has 1 aromatic heterocycles. The minimum Gasteiger partial charge on any atom is -0.452 e. The molecule has 10 heteroatoms. The van der Waals surface area contributed by atoms with Crippen molar-refractivity contribution in [3.05, 3.63) is 55.4 Å². The van der Waals surface area contributed by atoms with Crippen LogP contribution in [0.25, 0.3) is 0 Å². The molecule has 3 rings (SSSR count). The summed E-state index contributed by atoms with van der Waals surface area (Å²) in [6.45, 7) is 0.943. The van der Waals surface area contributed by atoms with E-state index in [-0.39, 0.29) is 11.3 Å². The third-order valence-corrected chi connectivity index (χ3v) is 5.59. The number of anilines is 1. The molecule has 0 bridgehead atoms. The van der Waals surface area contributed by atoms with E-state index in [2.05, 4.69) is 5.32 Å². The van der Waals surface area contributed by atoms with E-state index in [1.807, 2.05) is 0 Å². The van der Waals surface area contributed by atoms with Crippen LogP contribution in [0.5, 0.6) is 0 Å². The van der Waals surface area contributed by atoms with Gasteiger partial charge in [-0.3, -0.25) is 19.7 Å². The molecule has 9 nitrogen and oxygen atoms in total. The van der Waals surface area contributed by atoms with Gasteiger partial charge in [-0.1, -0.05) is 0 Å². The van der Waals surface area contributed by atoms with Gasteiger partial charge in [0, 0.05) is 16.5 Å². The van der Waals surface area contributed by atoms with Crippen molar-refractivity contribution in [3.8, 4) is 0 Å². The number of primary amides is 1. The summed E-state index contributed by atoms with van der Waals surface area (Å²) in [5.41, 5.74) is 6.94. The average Bonchev–Trinajstić information content (AvgIpc) is 3.19. The van der Waals surface area contributed by atoms with E-state index >= 15 is 0 Å². The Hall–Kier alpha value is -3.27. The van der Waals surface area contributed by atoms with Gasteiger partial charge >= 0.3 is 5.97 Å². The number of fused-ring (bicyclic) bond motifs is 1. The number of ether oxygens (including phenoxy) is 1.